The van der Waals surface area contributed by atoms with Crippen molar-refractivity contribution in [3.63, 3.8) is 0 Å². The zero-order valence-electron chi connectivity index (χ0n) is 10.7. The van der Waals surface area contributed by atoms with Crippen molar-refractivity contribution in [1.29, 1.82) is 0 Å². The Morgan fingerprint density at radius 1 is 1.28 bits per heavy atom. The standard InChI is InChI=1S/C14H20ClNO2/c1-17-13-7-6-11(16-9-8-15)10-14(13)18-12-4-2-3-5-12/h6-7,10,12,16H,2-5,8-9H2,1H3. The van der Waals surface area contributed by atoms with Gasteiger partial charge in [-0.25, -0.2) is 0 Å². The number of ether oxygens (including phenoxy) is 2. The van der Waals surface area contributed by atoms with Gasteiger partial charge in [-0.3, -0.25) is 0 Å². The molecule has 1 N–H and O–H groups in total. The summed E-state index contributed by atoms with van der Waals surface area (Å²) in [5.74, 6) is 2.20. The summed E-state index contributed by atoms with van der Waals surface area (Å²) in [7, 11) is 1.67. The zero-order chi connectivity index (χ0) is 12.8. The first kappa shape index (κ1) is 13.3. The first-order chi connectivity index (χ1) is 8.83. The Morgan fingerprint density at radius 3 is 2.72 bits per heavy atom. The van der Waals surface area contributed by atoms with E-state index in [9.17, 15) is 0 Å². The highest BCUT2D eigenvalue weighted by Crippen LogP contribution is 2.33. The summed E-state index contributed by atoms with van der Waals surface area (Å²) in [6, 6.07) is 5.90. The molecule has 0 atom stereocenters. The van der Waals surface area contributed by atoms with Crippen LogP contribution in [0.5, 0.6) is 11.5 Å². The number of rotatable bonds is 6. The highest BCUT2D eigenvalue weighted by Gasteiger charge is 2.18. The van der Waals surface area contributed by atoms with Gasteiger partial charge < -0.3 is 14.8 Å². The van der Waals surface area contributed by atoms with Gasteiger partial charge in [0.15, 0.2) is 11.5 Å². The molecule has 1 saturated carbocycles. The average Bonchev–Trinajstić information content (AvgIpc) is 2.89. The number of nitrogens with one attached hydrogen (secondary N) is 1. The summed E-state index contributed by atoms with van der Waals surface area (Å²) in [5, 5.41) is 3.24. The van der Waals surface area contributed by atoms with E-state index in [4.69, 9.17) is 21.1 Å². The number of alkyl halides is 1. The normalized spacial score (nSPS) is 15.7. The average molecular weight is 270 g/mol. The van der Waals surface area contributed by atoms with Crippen LogP contribution in [0.2, 0.25) is 0 Å². The van der Waals surface area contributed by atoms with Crippen molar-refractivity contribution in [1.82, 2.24) is 0 Å². The van der Waals surface area contributed by atoms with E-state index >= 15 is 0 Å². The minimum absolute atomic E-state index is 0.335. The molecule has 1 aliphatic carbocycles. The molecule has 1 aromatic rings. The van der Waals surface area contributed by atoms with Crippen LogP contribution in [0.4, 0.5) is 5.69 Å². The van der Waals surface area contributed by atoms with Gasteiger partial charge >= 0.3 is 0 Å². The molecular formula is C14H20ClNO2. The van der Waals surface area contributed by atoms with E-state index in [1.807, 2.05) is 18.2 Å². The van der Waals surface area contributed by atoms with Crippen molar-refractivity contribution in [2.24, 2.45) is 0 Å². The van der Waals surface area contributed by atoms with Crippen molar-refractivity contribution in [2.45, 2.75) is 31.8 Å². The Morgan fingerprint density at radius 2 is 2.06 bits per heavy atom. The van der Waals surface area contributed by atoms with Crippen molar-refractivity contribution >= 4 is 17.3 Å². The number of hydrogen-bond acceptors (Lipinski definition) is 3. The largest absolute Gasteiger partial charge is 0.493 e. The number of halogens is 1. The van der Waals surface area contributed by atoms with Gasteiger partial charge in [0.2, 0.25) is 0 Å². The van der Waals surface area contributed by atoms with Gasteiger partial charge in [-0.2, -0.15) is 0 Å². The Labute approximate surface area is 113 Å². The number of methoxy groups -OCH3 is 1. The number of benzene rings is 1. The molecule has 0 aromatic heterocycles. The topological polar surface area (TPSA) is 30.5 Å². The predicted molar refractivity (Wildman–Crippen MR) is 75.1 cm³/mol. The first-order valence-corrected chi connectivity index (χ1v) is 7.01. The van der Waals surface area contributed by atoms with Gasteiger partial charge in [-0.05, 0) is 37.8 Å². The molecule has 1 fully saturated rings. The van der Waals surface area contributed by atoms with E-state index < -0.39 is 0 Å². The van der Waals surface area contributed by atoms with Crippen LogP contribution < -0.4 is 14.8 Å². The molecular weight excluding hydrogens is 250 g/mol. The number of anilines is 1. The number of hydrogen-bond donors (Lipinski definition) is 1. The molecule has 0 amide bonds. The smallest absolute Gasteiger partial charge is 0.163 e. The SMILES string of the molecule is COc1ccc(NCCCl)cc1OC1CCCC1. The Balaban J connectivity index is 2.08. The summed E-state index contributed by atoms with van der Waals surface area (Å²) >= 11 is 5.67. The van der Waals surface area contributed by atoms with Crippen LogP contribution in [0, 0.1) is 0 Å². The monoisotopic (exact) mass is 269 g/mol. The minimum Gasteiger partial charge on any atom is -0.493 e. The summed E-state index contributed by atoms with van der Waals surface area (Å²) < 4.78 is 11.4. The maximum Gasteiger partial charge on any atom is 0.163 e. The maximum atomic E-state index is 6.02. The van der Waals surface area contributed by atoms with Crippen LogP contribution >= 0.6 is 11.6 Å². The van der Waals surface area contributed by atoms with Gasteiger partial charge in [0.1, 0.15) is 0 Å². The zero-order valence-corrected chi connectivity index (χ0v) is 11.5. The lowest BCUT2D eigenvalue weighted by molar-refractivity contribution is 0.201. The maximum absolute atomic E-state index is 6.02. The summed E-state index contributed by atoms with van der Waals surface area (Å²) in [4.78, 5) is 0. The van der Waals surface area contributed by atoms with Crippen LogP contribution in [0.25, 0.3) is 0 Å². The quantitative estimate of drug-likeness (QED) is 0.800. The van der Waals surface area contributed by atoms with Crippen LogP contribution in [0.3, 0.4) is 0 Å². The van der Waals surface area contributed by atoms with Gasteiger partial charge in [0, 0.05) is 24.2 Å². The van der Waals surface area contributed by atoms with Gasteiger partial charge in [0.25, 0.3) is 0 Å². The van der Waals surface area contributed by atoms with E-state index in [1.165, 1.54) is 12.8 Å². The van der Waals surface area contributed by atoms with Crippen molar-refractivity contribution in [3.8, 4) is 11.5 Å². The van der Waals surface area contributed by atoms with E-state index in [1.54, 1.807) is 7.11 Å². The molecule has 0 spiro atoms. The molecule has 0 bridgehead atoms. The van der Waals surface area contributed by atoms with E-state index in [-0.39, 0.29) is 0 Å². The first-order valence-electron chi connectivity index (χ1n) is 6.48. The van der Waals surface area contributed by atoms with Crippen molar-refractivity contribution in [2.75, 3.05) is 24.9 Å². The molecule has 3 nitrogen and oxygen atoms in total. The lowest BCUT2D eigenvalue weighted by Crippen LogP contribution is -2.12. The second-order valence-electron chi connectivity index (χ2n) is 4.51. The molecule has 100 valence electrons. The molecule has 1 aromatic carbocycles. The lowest BCUT2D eigenvalue weighted by Gasteiger charge is -2.17. The fourth-order valence-corrected chi connectivity index (χ4v) is 2.35. The highest BCUT2D eigenvalue weighted by molar-refractivity contribution is 6.18. The Bertz CT molecular complexity index is 378. The molecule has 0 aliphatic heterocycles. The molecule has 0 heterocycles. The summed E-state index contributed by atoms with van der Waals surface area (Å²) in [6.45, 7) is 0.747. The van der Waals surface area contributed by atoms with Gasteiger partial charge in [0.05, 0.1) is 13.2 Å². The van der Waals surface area contributed by atoms with E-state index in [0.717, 1.165) is 36.6 Å². The third kappa shape index (κ3) is 3.45. The predicted octanol–water partition coefficient (Wildman–Crippen LogP) is 3.67. The molecule has 0 unspecified atom stereocenters. The van der Waals surface area contributed by atoms with Crippen LogP contribution in [0.15, 0.2) is 18.2 Å². The van der Waals surface area contributed by atoms with Crippen LogP contribution in [-0.2, 0) is 0 Å². The fourth-order valence-electron chi connectivity index (χ4n) is 2.26. The molecule has 1 aliphatic rings. The molecule has 2 rings (SSSR count). The highest BCUT2D eigenvalue weighted by atomic mass is 35.5. The second kappa shape index (κ2) is 6.74. The summed E-state index contributed by atoms with van der Waals surface area (Å²) in [5.41, 5.74) is 1.02. The van der Waals surface area contributed by atoms with Crippen LogP contribution in [-0.4, -0.2) is 25.6 Å². The third-order valence-electron chi connectivity index (χ3n) is 3.18. The van der Waals surface area contributed by atoms with E-state index in [0.29, 0.717) is 12.0 Å². The lowest BCUT2D eigenvalue weighted by atomic mass is 10.2. The van der Waals surface area contributed by atoms with Gasteiger partial charge in [-0.15, -0.1) is 11.6 Å². The molecule has 0 saturated heterocycles. The Kier molecular flexibility index (Phi) is 5.00. The van der Waals surface area contributed by atoms with Crippen molar-refractivity contribution < 1.29 is 9.47 Å². The second-order valence-corrected chi connectivity index (χ2v) is 4.88. The summed E-state index contributed by atoms with van der Waals surface area (Å²) in [6.07, 6.45) is 5.14. The van der Waals surface area contributed by atoms with Gasteiger partial charge in [-0.1, -0.05) is 0 Å². The fraction of sp³-hybridized carbons (Fsp3) is 0.571. The van der Waals surface area contributed by atoms with E-state index in [2.05, 4.69) is 5.32 Å². The third-order valence-corrected chi connectivity index (χ3v) is 3.37. The molecule has 4 heteroatoms. The van der Waals surface area contributed by atoms with Crippen molar-refractivity contribution in [3.05, 3.63) is 18.2 Å². The minimum atomic E-state index is 0.335. The molecule has 0 radical (unpaired) electrons. The molecule has 18 heavy (non-hydrogen) atoms. The van der Waals surface area contributed by atoms with Crippen LogP contribution in [0.1, 0.15) is 25.7 Å². The Hall–Kier alpha value is -1.09.